The van der Waals surface area contributed by atoms with Crippen LogP contribution >= 0.6 is 0 Å². The number of methoxy groups -OCH3 is 1. The number of nitrogens with two attached hydrogens (primary N) is 1. The van der Waals surface area contributed by atoms with E-state index in [1.54, 1.807) is 25.3 Å². The zero-order valence-electron chi connectivity index (χ0n) is 12.1. The molecule has 0 unspecified atom stereocenters. The van der Waals surface area contributed by atoms with Gasteiger partial charge in [-0.15, -0.1) is 0 Å². The number of benzene rings is 2. The van der Waals surface area contributed by atoms with E-state index >= 15 is 0 Å². The van der Waals surface area contributed by atoms with Crippen molar-refractivity contribution in [1.29, 1.82) is 0 Å². The Bertz CT molecular complexity index is 641. The summed E-state index contributed by atoms with van der Waals surface area (Å²) in [5, 5.41) is 2.77. The molecule has 0 aliphatic heterocycles. The smallest absolute Gasteiger partial charge is 0.262 e. The van der Waals surface area contributed by atoms with Crippen LogP contribution in [0, 0.1) is 6.92 Å². The summed E-state index contributed by atoms with van der Waals surface area (Å²) < 4.78 is 10.5. The second-order valence-electron chi connectivity index (χ2n) is 4.61. The molecule has 0 spiro atoms. The van der Waals surface area contributed by atoms with E-state index in [1.807, 2.05) is 31.2 Å². The fourth-order valence-electron chi connectivity index (χ4n) is 1.83. The molecule has 110 valence electrons. The molecule has 0 atom stereocenters. The van der Waals surface area contributed by atoms with Crippen LogP contribution in [0.15, 0.2) is 42.5 Å². The lowest BCUT2D eigenvalue weighted by Gasteiger charge is -2.11. The Morgan fingerprint density at radius 3 is 2.76 bits per heavy atom. The molecule has 21 heavy (non-hydrogen) atoms. The molecule has 0 radical (unpaired) electrons. The first kappa shape index (κ1) is 14.7. The Balaban J connectivity index is 1.95. The molecule has 1 amide bonds. The van der Waals surface area contributed by atoms with Crippen molar-refractivity contribution >= 4 is 17.3 Å². The molecule has 5 nitrogen and oxygen atoms in total. The van der Waals surface area contributed by atoms with Crippen LogP contribution < -0.4 is 20.5 Å². The Hall–Kier alpha value is -2.69. The molecule has 0 aliphatic carbocycles. The highest BCUT2D eigenvalue weighted by atomic mass is 16.5. The molecule has 0 aromatic heterocycles. The van der Waals surface area contributed by atoms with Gasteiger partial charge in [-0.2, -0.15) is 0 Å². The van der Waals surface area contributed by atoms with Crippen LogP contribution in [0.2, 0.25) is 0 Å². The highest BCUT2D eigenvalue weighted by Crippen LogP contribution is 2.26. The number of amides is 1. The van der Waals surface area contributed by atoms with E-state index in [1.165, 1.54) is 0 Å². The minimum absolute atomic E-state index is 0.120. The van der Waals surface area contributed by atoms with Crippen LogP contribution in [-0.2, 0) is 4.79 Å². The zero-order chi connectivity index (χ0) is 15.2. The van der Waals surface area contributed by atoms with Gasteiger partial charge >= 0.3 is 0 Å². The molecule has 0 saturated heterocycles. The average molecular weight is 286 g/mol. The number of carbonyl (C=O) groups excluding carboxylic acids is 1. The summed E-state index contributed by atoms with van der Waals surface area (Å²) in [6.45, 7) is 1.84. The number of carbonyl (C=O) groups is 1. The van der Waals surface area contributed by atoms with Crippen LogP contribution in [0.5, 0.6) is 11.5 Å². The van der Waals surface area contributed by atoms with E-state index in [2.05, 4.69) is 5.32 Å². The van der Waals surface area contributed by atoms with Crippen molar-refractivity contribution in [2.75, 3.05) is 24.8 Å². The lowest BCUT2D eigenvalue weighted by atomic mass is 10.2. The first-order valence-corrected chi connectivity index (χ1v) is 6.51. The standard InChI is InChI=1S/C16H18N2O3/c1-11-4-3-5-12(8-11)18-16(19)10-21-15-9-13(20-2)6-7-14(15)17/h3-9H,10,17H2,1-2H3,(H,18,19). The second-order valence-corrected chi connectivity index (χ2v) is 4.61. The fourth-order valence-corrected chi connectivity index (χ4v) is 1.83. The van der Waals surface area contributed by atoms with Gasteiger partial charge in [0.25, 0.3) is 5.91 Å². The molecule has 0 heterocycles. The zero-order valence-corrected chi connectivity index (χ0v) is 12.1. The number of aryl methyl sites for hydroxylation is 1. The molecule has 2 rings (SSSR count). The quantitative estimate of drug-likeness (QED) is 0.829. The second kappa shape index (κ2) is 6.65. The summed E-state index contributed by atoms with van der Waals surface area (Å²) in [5.74, 6) is 0.801. The summed E-state index contributed by atoms with van der Waals surface area (Å²) in [6, 6.07) is 12.6. The van der Waals surface area contributed by atoms with Crippen molar-refractivity contribution in [3.8, 4) is 11.5 Å². The van der Waals surface area contributed by atoms with Crippen molar-refractivity contribution in [2.45, 2.75) is 6.92 Å². The van der Waals surface area contributed by atoms with Crippen molar-refractivity contribution in [2.24, 2.45) is 0 Å². The summed E-state index contributed by atoms with van der Waals surface area (Å²) in [5.41, 5.74) is 8.06. The Labute approximate surface area is 123 Å². The fraction of sp³-hybridized carbons (Fsp3) is 0.188. The number of nitrogen functional groups attached to an aromatic ring is 1. The molecule has 0 fully saturated rings. The van der Waals surface area contributed by atoms with Crippen molar-refractivity contribution < 1.29 is 14.3 Å². The molecule has 0 aliphatic rings. The topological polar surface area (TPSA) is 73.6 Å². The van der Waals surface area contributed by atoms with E-state index in [0.717, 1.165) is 11.3 Å². The van der Waals surface area contributed by atoms with Gasteiger partial charge in [0.05, 0.1) is 12.8 Å². The Morgan fingerprint density at radius 2 is 2.05 bits per heavy atom. The number of hydrogen-bond donors (Lipinski definition) is 2. The first-order chi connectivity index (χ1) is 10.1. The molecule has 0 bridgehead atoms. The van der Waals surface area contributed by atoms with Gasteiger partial charge in [0, 0.05) is 11.8 Å². The molecular weight excluding hydrogens is 268 g/mol. The summed E-state index contributed by atoms with van der Waals surface area (Å²) in [7, 11) is 1.56. The minimum Gasteiger partial charge on any atom is -0.497 e. The maximum atomic E-state index is 11.9. The number of nitrogens with one attached hydrogen (secondary N) is 1. The highest BCUT2D eigenvalue weighted by molar-refractivity contribution is 5.92. The van der Waals surface area contributed by atoms with Gasteiger partial charge in [0.2, 0.25) is 0 Å². The Morgan fingerprint density at radius 1 is 1.24 bits per heavy atom. The van der Waals surface area contributed by atoms with E-state index < -0.39 is 0 Å². The Kier molecular flexibility index (Phi) is 4.66. The van der Waals surface area contributed by atoms with Crippen LogP contribution in [0.4, 0.5) is 11.4 Å². The van der Waals surface area contributed by atoms with E-state index in [9.17, 15) is 4.79 Å². The van der Waals surface area contributed by atoms with Gasteiger partial charge in [0.15, 0.2) is 6.61 Å². The molecular formula is C16H18N2O3. The predicted molar refractivity (Wildman–Crippen MR) is 82.7 cm³/mol. The number of rotatable bonds is 5. The van der Waals surface area contributed by atoms with Crippen LogP contribution in [0.3, 0.4) is 0 Å². The third-order valence-corrected chi connectivity index (χ3v) is 2.88. The molecule has 2 aromatic carbocycles. The number of anilines is 2. The van der Waals surface area contributed by atoms with Crippen LogP contribution in [-0.4, -0.2) is 19.6 Å². The maximum absolute atomic E-state index is 11.9. The normalized spacial score (nSPS) is 10.0. The van der Waals surface area contributed by atoms with Gasteiger partial charge in [-0.05, 0) is 36.8 Å². The third kappa shape index (κ3) is 4.14. The van der Waals surface area contributed by atoms with E-state index in [4.69, 9.17) is 15.2 Å². The van der Waals surface area contributed by atoms with E-state index in [0.29, 0.717) is 17.2 Å². The molecule has 5 heteroatoms. The van der Waals surface area contributed by atoms with Gasteiger partial charge in [-0.1, -0.05) is 12.1 Å². The largest absolute Gasteiger partial charge is 0.497 e. The summed E-state index contributed by atoms with van der Waals surface area (Å²) in [4.78, 5) is 11.9. The average Bonchev–Trinajstić information content (AvgIpc) is 2.46. The monoisotopic (exact) mass is 286 g/mol. The van der Waals surface area contributed by atoms with Crippen LogP contribution in [0.25, 0.3) is 0 Å². The van der Waals surface area contributed by atoms with Crippen molar-refractivity contribution in [3.05, 3.63) is 48.0 Å². The van der Waals surface area contributed by atoms with Gasteiger partial charge < -0.3 is 20.5 Å². The highest BCUT2D eigenvalue weighted by Gasteiger charge is 2.07. The SMILES string of the molecule is COc1ccc(N)c(OCC(=O)Nc2cccc(C)c2)c1. The lowest BCUT2D eigenvalue weighted by molar-refractivity contribution is -0.118. The lowest BCUT2D eigenvalue weighted by Crippen LogP contribution is -2.20. The predicted octanol–water partition coefficient (Wildman–Crippen LogP) is 2.60. The van der Waals surface area contributed by atoms with Crippen LogP contribution in [0.1, 0.15) is 5.56 Å². The van der Waals surface area contributed by atoms with Crippen molar-refractivity contribution in [3.63, 3.8) is 0 Å². The van der Waals surface area contributed by atoms with Crippen molar-refractivity contribution in [1.82, 2.24) is 0 Å². The third-order valence-electron chi connectivity index (χ3n) is 2.88. The maximum Gasteiger partial charge on any atom is 0.262 e. The van der Waals surface area contributed by atoms with Gasteiger partial charge in [0.1, 0.15) is 11.5 Å². The molecule has 0 saturated carbocycles. The molecule has 3 N–H and O–H groups in total. The van der Waals surface area contributed by atoms with Gasteiger partial charge in [-0.25, -0.2) is 0 Å². The molecule has 2 aromatic rings. The van der Waals surface area contributed by atoms with E-state index in [-0.39, 0.29) is 12.5 Å². The number of ether oxygens (including phenoxy) is 2. The first-order valence-electron chi connectivity index (χ1n) is 6.51. The van der Waals surface area contributed by atoms with Gasteiger partial charge in [-0.3, -0.25) is 4.79 Å². The summed E-state index contributed by atoms with van der Waals surface area (Å²) in [6.07, 6.45) is 0. The number of hydrogen-bond acceptors (Lipinski definition) is 4. The minimum atomic E-state index is -0.247. The summed E-state index contributed by atoms with van der Waals surface area (Å²) >= 11 is 0.